The van der Waals surface area contributed by atoms with Gasteiger partial charge in [0.05, 0.1) is 44.8 Å². The second-order valence-corrected chi connectivity index (χ2v) is 11.0. The predicted molar refractivity (Wildman–Crippen MR) is 151 cm³/mol. The fourth-order valence-corrected chi connectivity index (χ4v) is 5.92. The first-order valence-electron chi connectivity index (χ1n) is 13.8. The summed E-state index contributed by atoms with van der Waals surface area (Å²) in [5.41, 5.74) is 4.40. The number of aliphatic hydroxyl groups is 1. The summed E-state index contributed by atoms with van der Waals surface area (Å²) in [6.45, 7) is 3.42. The van der Waals surface area contributed by atoms with Gasteiger partial charge in [-0.1, -0.05) is 12.1 Å². The van der Waals surface area contributed by atoms with Crippen LogP contribution >= 0.6 is 0 Å². The van der Waals surface area contributed by atoms with Gasteiger partial charge in [0, 0.05) is 43.2 Å². The van der Waals surface area contributed by atoms with E-state index in [-0.39, 0.29) is 12.6 Å². The maximum atomic E-state index is 13.7. The van der Waals surface area contributed by atoms with Gasteiger partial charge < -0.3 is 19.5 Å². The Labute approximate surface area is 234 Å². The molecule has 216 valence electrons. The standard InChI is InChI=1S/C30H39F2N5O3/c1-22-13-23(7-11-35(22)19-30(31,32)20-38)14-24-8-12-37-27(15-24)28(17-33-37)36-10-4-9-34(21-36)18-25-5-6-26(39-2)16-29(25)40-3/h4-6,8,10,12,15-17,22-23,38H,7,9,11,13-14,18-21H2,1-3H3/t22-,23+/m0/s1. The van der Waals surface area contributed by atoms with Crippen LogP contribution in [0.25, 0.3) is 5.52 Å². The minimum Gasteiger partial charge on any atom is -0.497 e. The molecule has 2 aliphatic heterocycles. The number of pyridine rings is 1. The van der Waals surface area contributed by atoms with Gasteiger partial charge in [-0.2, -0.15) is 5.10 Å². The van der Waals surface area contributed by atoms with Crippen molar-refractivity contribution in [2.75, 3.05) is 52.0 Å². The van der Waals surface area contributed by atoms with E-state index in [1.165, 1.54) is 5.56 Å². The molecule has 2 atom stereocenters. The summed E-state index contributed by atoms with van der Waals surface area (Å²) in [7, 11) is 3.33. The molecule has 0 amide bonds. The Bertz CT molecular complexity index is 1330. The lowest BCUT2D eigenvalue weighted by molar-refractivity contribution is -0.0852. The molecule has 5 rings (SSSR count). The van der Waals surface area contributed by atoms with Crippen LogP contribution in [0, 0.1) is 5.92 Å². The Balaban J connectivity index is 1.25. The molecule has 1 fully saturated rings. The highest BCUT2D eigenvalue weighted by atomic mass is 19.3. The Morgan fingerprint density at radius 2 is 2.00 bits per heavy atom. The summed E-state index contributed by atoms with van der Waals surface area (Å²) in [6.07, 6.45) is 10.8. The first-order chi connectivity index (χ1) is 19.3. The largest absolute Gasteiger partial charge is 0.497 e. The first-order valence-corrected chi connectivity index (χ1v) is 13.8. The van der Waals surface area contributed by atoms with Crippen LogP contribution in [0.15, 0.2) is 55.0 Å². The summed E-state index contributed by atoms with van der Waals surface area (Å²) in [5, 5.41) is 13.6. The Kier molecular flexibility index (Phi) is 8.58. The maximum Gasteiger partial charge on any atom is 0.283 e. The number of ether oxygens (including phenoxy) is 2. The third-order valence-corrected chi connectivity index (χ3v) is 8.08. The first kappa shape index (κ1) is 28.3. The number of anilines is 1. The van der Waals surface area contributed by atoms with Crippen molar-refractivity contribution < 1.29 is 23.4 Å². The van der Waals surface area contributed by atoms with E-state index in [2.05, 4.69) is 39.3 Å². The molecule has 2 aromatic heterocycles. The van der Waals surface area contributed by atoms with Gasteiger partial charge in [-0.05, 0) is 62.4 Å². The van der Waals surface area contributed by atoms with E-state index in [0.717, 1.165) is 60.6 Å². The molecule has 8 nitrogen and oxygen atoms in total. The second-order valence-electron chi connectivity index (χ2n) is 11.0. The normalized spacial score (nSPS) is 20.8. The molecule has 0 bridgehead atoms. The van der Waals surface area contributed by atoms with E-state index in [1.54, 1.807) is 19.1 Å². The van der Waals surface area contributed by atoms with Gasteiger partial charge in [-0.15, -0.1) is 0 Å². The third-order valence-electron chi connectivity index (χ3n) is 8.08. The average molecular weight is 556 g/mol. The van der Waals surface area contributed by atoms with Gasteiger partial charge in [0.2, 0.25) is 0 Å². The number of aromatic nitrogens is 2. The number of fused-ring (bicyclic) bond motifs is 1. The number of hydrogen-bond acceptors (Lipinski definition) is 7. The molecule has 1 aromatic carbocycles. The monoisotopic (exact) mass is 555 g/mol. The summed E-state index contributed by atoms with van der Waals surface area (Å²) in [6, 6.07) is 10.3. The minimum atomic E-state index is -3.05. The van der Waals surface area contributed by atoms with Crippen LogP contribution in [-0.4, -0.2) is 83.6 Å². The fourth-order valence-electron chi connectivity index (χ4n) is 5.92. The summed E-state index contributed by atoms with van der Waals surface area (Å²) < 4.78 is 40.3. The minimum absolute atomic E-state index is 0.0548. The maximum absolute atomic E-state index is 13.7. The number of piperidine rings is 1. The molecule has 0 saturated carbocycles. The number of nitrogens with zero attached hydrogens (tertiary/aromatic N) is 5. The topological polar surface area (TPSA) is 65.7 Å². The highest BCUT2D eigenvalue weighted by Gasteiger charge is 2.35. The van der Waals surface area contributed by atoms with Gasteiger partial charge in [-0.3, -0.25) is 9.80 Å². The molecule has 1 N–H and O–H groups in total. The molecular formula is C30H39F2N5O3. The number of benzene rings is 1. The summed E-state index contributed by atoms with van der Waals surface area (Å²) in [4.78, 5) is 6.36. The number of halogens is 2. The number of alkyl halides is 2. The van der Waals surface area contributed by atoms with Crippen molar-refractivity contribution in [3.8, 4) is 11.5 Å². The van der Waals surface area contributed by atoms with Crippen molar-refractivity contribution >= 4 is 11.2 Å². The molecule has 0 radical (unpaired) electrons. The highest BCUT2D eigenvalue weighted by Crippen LogP contribution is 2.31. The molecule has 3 aromatic rings. The van der Waals surface area contributed by atoms with Crippen molar-refractivity contribution in [1.29, 1.82) is 0 Å². The lowest BCUT2D eigenvalue weighted by Crippen LogP contribution is -2.48. The molecule has 1 saturated heterocycles. The molecule has 4 heterocycles. The number of hydrogen-bond donors (Lipinski definition) is 1. The zero-order chi connectivity index (χ0) is 28.3. The van der Waals surface area contributed by atoms with E-state index in [4.69, 9.17) is 14.6 Å². The number of rotatable bonds is 10. The van der Waals surface area contributed by atoms with Crippen LogP contribution in [0.4, 0.5) is 14.5 Å². The zero-order valence-electron chi connectivity index (χ0n) is 23.5. The molecule has 0 spiro atoms. The lowest BCUT2D eigenvalue weighted by atomic mass is 9.86. The van der Waals surface area contributed by atoms with Crippen LogP contribution in [0.2, 0.25) is 0 Å². The molecule has 2 aliphatic rings. The zero-order valence-corrected chi connectivity index (χ0v) is 23.5. The predicted octanol–water partition coefficient (Wildman–Crippen LogP) is 4.42. The molecule has 40 heavy (non-hydrogen) atoms. The molecule has 0 aliphatic carbocycles. The number of likely N-dealkylation sites (tertiary alicyclic amines) is 1. The smallest absolute Gasteiger partial charge is 0.283 e. The van der Waals surface area contributed by atoms with Crippen molar-refractivity contribution in [3.05, 3.63) is 66.1 Å². The average Bonchev–Trinajstić information content (AvgIpc) is 3.38. The number of methoxy groups -OCH3 is 2. The van der Waals surface area contributed by atoms with E-state index >= 15 is 0 Å². The SMILES string of the molecule is COc1ccc(CN2CC=CN(c3cnn4ccc(C[C@@H]5CCN(CC(F)(F)CO)[C@@H](C)C5)cc34)C2)c(OC)c1. The summed E-state index contributed by atoms with van der Waals surface area (Å²) >= 11 is 0. The van der Waals surface area contributed by atoms with Crippen LogP contribution < -0.4 is 14.4 Å². The van der Waals surface area contributed by atoms with Crippen LogP contribution in [-0.2, 0) is 13.0 Å². The van der Waals surface area contributed by atoms with Gasteiger partial charge in [0.25, 0.3) is 5.92 Å². The Hall–Kier alpha value is -3.21. The van der Waals surface area contributed by atoms with Crippen LogP contribution in [0.1, 0.15) is 30.9 Å². The van der Waals surface area contributed by atoms with E-state index in [0.29, 0.717) is 19.1 Å². The second kappa shape index (κ2) is 12.1. The van der Waals surface area contributed by atoms with Crippen LogP contribution in [0.3, 0.4) is 0 Å². The van der Waals surface area contributed by atoms with E-state index in [1.807, 2.05) is 42.0 Å². The number of aliphatic hydroxyl groups excluding tert-OH is 1. The van der Waals surface area contributed by atoms with Crippen molar-refractivity contribution in [2.24, 2.45) is 5.92 Å². The van der Waals surface area contributed by atoms with Gasteiger partial charge in [-0.25, -0.2) is 13.3 Å². The molecule has 10 heteroatoms. The Morgan fingerprint density at radius 1 is 1.15 bits per heavy atom. The van der Waals surface area contributed by atoms with Crippen molar-refractivity contribution in [3.63, 3.8) is 0 Å². The lowest BCUT2D eigenvalue weighted by Gasteiger charge is -2.39. The molecular weight excluding hydrogens is 516 g/mol. The quantitative estimate of drug-likeness (QED) is 0.398. The highest BCUT2D eigenvalue weighted by molar-refractivity contribution is 5.74. The van der Waals surface area contributed by atoms with E-state index < -0.39 is 12.5 Å². The summed E-state index contributed by atoms with van der Waals surface area (Å²) in [5.74, 6) is -1.05. The van der Waals surface area contributed by atoms with Gasteiger partial charge in [0.1, 0.15) is 18.1 Å². The third kappa shape index (κ3) is 6.40. The van der Waals surface area contributed by atoms with Gasteiger partial charge >= 0.3 is 0 Å². The molecule has 0 unspecified atom stereocenters. The van der Waals surface area contributed by atoms with Crippen LogP contribution in [0.5, 0.6) is 11.5 Å². The fraction of sp³-hybridized carbons (Fsp3) is 0.500. The van der Waals surface area contributed by atoms with Gasteiger partial charge in [0.15, 0.2) is 0 Å². The van der Waals surface area contributed by atoms with Crippen molar-refractivity contribution in [1.82, 2.24) is 19.4 Å². The Morgan fingerprint density at radius 3 is 2.75 bits per heavy atom. The van der Waals surface area contributed by atoms with E-state index in [9.17, 15) is 8.78 Å². The van der Waals surface area contributed by atoms with Crippen molar-refractivity contribution in [2.45, 2.75) is 44.7 Å².